The highest BCUT2D eigenvalue weighted by atomic mass is 15.1. The van der Waals surface area contributed by atoms with Crippen molar-refractivity contribution in [2.75, 3.05) is 11.9 Å². The number of hydrogen-bond acceptors (Lipinski definition) is 1. The van der Waals surface area contributed by atoms with Crippen molar-refractivity contribution in [2.45, 2.75) is 5.41 Å². The highest BCUT2D eigenvalue weighted by molar-refractivity contribution is 5.99. The number of hydrogen-bond donors (Lipinski definition) is 0. The molecule has 0 aliphatic heterocycles. The fourth-order valence-electron chi connectivity index (χ4n) is 7.05. The average molecular weight is 498 g/mol. The molecule has 6 aromatic rings. The molecule has 0 heterocycles. The molecular formula is C38H27N. The monoisotopic (exact) mass is 497 g/mol. The van der Waals surface area contributed by atoms with E-state index in [1.165, 1.54) is 67.0 Å². The van der Waals surface area contributed by atoms with Crippen molar-refractivity contribution in [3.63, 3.8) is 0 Å². The van der Waals surface area contributed by atoms with Crippen LogP contribution in [0, 0.1) is 0 Å². The first-order valence-electron chi connectivity index (χ1n) is 13.6. The van der Waals surface area contributed by atoms with Crippen molar-refractivity contribution in [2.24, 2.45) is 0 Å². The topological polar surface area (TPSA) is 3.24 Å². The Morgan fingerprint density at radius 3 is 1.54 bits per heavy atom. The first kappa shape index (κ1) is 22.1. The highest BCUT2D eigenvalue weighted by Gasteiger charge is 2.52. The van der Waals surface area contributed by atoms with Gasteiger partial charge in [0.05, 0.1) is 5.41 Å². The minimum atomic E-state index is -0.312. The number of rotatable bonds is 3. The molecule has 0 aromatic heterocycles. The summed E-state index contributed by atoms with van der Waals surface area (Å²) >= 11 is 0. The van der Waals surface area contributed by atoms with E-state index in [2.05, 4.69) is 158 Å². The van der Waals surface area contributed by atoms with Crippen molar-refractivity contribution in [1.82, 2.24) is 0 Å². The molecule has 0 radical (unpaired) electrons. The van der Waals surface area contributed by atoms with Crippen LogP contribution in [0.3, 0.4) is 0 Å². The third-order valence-corrected chi connectivity index (χ3v) is 8.72. The molecule has 2 aliphatic rings. The molecule has 1 nitrogen and oxygen atoms in total. The minimum absolute atomic E-state index is 0.312. The molecule has 8 rings (SSSR count). The highest BCUT2D eigenvalue weighted by Crippen LogP contribution is 2.64. The Labute approximate surface area is 229 Å². The van der Waals surface area contributed by atoms with E-state index in [4.69, 9.17) is 0 Å². The lowest BCUT2D eigenvalue weighted by Crippen LogP contribution is -2.26. The van der Waals surface area contributed by atoms with Crippen LogP contribution in [0.1, 0.15) is 22.3 Å². The Morgan fingerprint density at radius 2 is 0.897 bits per heavy atom. The fraction of sp³-hybridized carbons (Fsp3) is 0.0526. The van der Waals surface area contributed by atoms with Crippen LogP contribution in [-0.2, 0) is 5.41 Å². The van der Waals surface area contributed by atoms with Crippen molar-refractivity contribution >= 4 is 11.4 Å². The Balaban J connectivity index is 1.35. The van der Waals surface area contributed by atoms with Gasteiger partial charge >= 0.3 is 0 Å². The summed E-state index contributed by atoms with van der Waals surface area (Å²) in [5.74, 6) is 0. The fourth-order valence-corrected chi connectivity index (χ4v) is 7.05. The summed E-state index contributed by atoms with van der Waals surface area (Å²) in [6.45, 7) is 0. The largest absolute Gasteiger partial charge is 0.344 e. The summed E-state index contributed by atoms with van der Waals surface area (Å²) in [6.07, 6.45) is 0. The van der Waals surface area contributed by atoms with Gasteiger partial charge in [0.1, 0.15) is 0 Å². The average Bonchev–Trinajstić information content (AvgIpc) is 3.49. The summed E-state index contributed by atoms with van der Waals surface area (Å²) in [7, 11) is 2.19. The Morgan fingerprint density at radius 1 is 0.410 bits per heavy atom. The first-order chi connectivity index (χ1) is 19.3. The molecule has 0 saturated carbocycles. The van der Waals surface area contributed by atoms with E-state index in [1.807, 2.05) is 0 Å². The molecule has 0 N–H and O–H groups in total. The second-order valence-electron chi connectivity index (χ2n) is 10.6. The Hall–Kier alpha value is -4.88. The summed E-state index contributed by atoms with van der Waals surface area (Å²) in [6, 6.07) is 53.3. The van der Waals surface area contributed by atoms with Crippen LogP contribution in [0.15, 0.2) is 146 Å². The molecule has 6 aromatic carbocycles. The maximum Gasteiger partial charge on any atom is 0.0726 e. The molecule has 2 aliphatic carbocycles. The predicted molar refractivity (Wildman–Crippen MR) is 163 cm³/mol. The van der Waals surface area contributed by atoms with E-state index in [9.17, 15) is 0 Å². The number of anilines is 2. The quantitative estimate of drug-likeness (QED) is 0.235. The zero-order chi connectivity index (χ0) is 26.0. The van der Waals surface area contributed by atoms with Gasteiger partial charge in [0.2, 0.25) is 0 Å². The van der Waals surface area contributed by atoms with Crippen LogP contribution in [0.2, 0.25) is 0 Å². The third-order valence-electron chi connectivity index (χ3n) is 8.72. The lowest BCUT2D eigenvalue weighted by molar-refractivity contribution is 0.793. The van der Waals surface area contributed by atoms with E-state index in [-0.39, 0.29) is 5.41 Å². The molecular weight excluding hydrogens is 470 g/mol. The van der Waals surface area contributed by atoms with Gasteiger partial charge in [0, 0.05) is 24.0 Å². The van der Waals surface area contributed by atoms with Crippen LogP contribution < -0.4 is 4.90 Å². The standard InChI is InChI=1S/C38H27N/c1-39(28-24-22-27(23-25-28)26-12-3-2-4-13-26)36-21-11-20-35-37(36)31-16-7-10-19-34(31)38(35)32-17-8-5-14-29(32)30-15-6-9-18-33(30)38/h2-25H,1H3. The molecule has 1 heteroatoms. The van der Waals surface area contributed by atoms with Gasteiger partial charge in [0.15, 0.2) is 0 Å². The van der Waals surface area contributed by atoms with Gasteiger partial charge in [-0.05, 0) is 68.3 Å². The second-order valence-corrected chi connectivity index (χ2v) is 10.6. The zero-order valence-corrected chi connectivity index (χ0v) is 21.8. The minimum Gasteiger partial charge on any atom is -0.344 e. The molecule has 0 amide bonds. The Bertz CT molecular complexity index is 1820. The Kier molecular flexibility index (Phi) is 4.72. The van der Waals surface area contributed by atoms with E-state index in [1.54, 1.807) is 0 Å². The van der Waals surface area contributed by atoms with E-state index < -0.39 is 0 Å². The van der Waals surface area contributed by atoms with Crippen LogP contribution in [0.25, 0.3) is 33.4 Å². The normalized spacial score (nSPS) is 13.5. The van der Waals surface area contributed by atoms with Gasteiger partial charge in [-0.25, -0.2) is 0 Å². The van der Waals surface area contributed by atoms with Gasteiger partial charge < -0.3 is 4.90 Å². The summed E-state index contributed by atoms with van der Waals surface area (Å²) in [5, 5.41) is 0. The van der Waals surface area contributed by atoms with Crippen molar-refractivity contribution in [3.8, 4) is 33.4 Å². The zero-order valence-electron chi connectivity index (χ0n) is 21.8. The summed E-state index contributed by atoms with van der Waals surface area (Å²) < 4.78 is 0. The number of benzene rings is 6. The van der Waals surface area contributed by atoms with E-state index >= 15 is 0 Å². The maximum atomic E-state index is 2.35. The van der Waals surface area contributed by atoms with Crippen LogP contribution in [0.4, 0.5) is 11.4 Å². The molecule has 39 heavy (non-hydrogen) atoms. The molecule has 184 valence electrons. The lowest BCUT2D eigenvalue weighted by Gasteiger charge is -2.31. The van der Waals surface area contributed by atoms with E-state index in [0.29, 0.717) is 0 Å². The van der Waals surface area contributed by atoms with Crippen LogP contribution in [-0.4, -0.2) is 7.05 Å². The van der Waals surface area contributed by atoms with Crippen molar-refractivity contribution < 1.29 is 0 Å². The van der Waals surface area contributed by atoms with Gasteiger partial charge in [-0.15, -0.1) is 0 Å². The first-order valence-corrected chi connectivity index (χ1v) is 13.6. The molecule has 0 saturated heterocycles. The van der Waals surface area contributed by atoms with Crippen molar-refractivity contribution in [1.29, 1.82) is 0 Å². The van der Waals surface area contributed by atoms with Gasteiger partial charge in [0.25, 0.3) is 0 Å². The number of nitrogens with zero attached hydrogens (tertiary/aromatic N) is 1. The maximum absolute atomic E-state index is 2.35. The lowest BCUT2D eigenvalue weighted by atomic mass is 9.70. The summed E-state index contributed by atoms with van der Waals surface area (Å²) in [5.41, 5.74) is 15.4. The molecule has 0 fully saturated rings. The molecule has 0 unspecified atom stereocenters. The van der Waals surface area contributed by atoms with E-state index in [0.717, 1.165) is 0 Å². The van der Waals surface area contributed by atoms with Gasteiger partial charge in [-0.3, -0.25) is 0 Å². The predicted octanol–water partition coefficient (Wildman–Crippen LogP) is 9.46. The van der Waals surface area contributed by atoms with Gasteiger partial charge in [-0.1, -0.05) is 127 Å². The van der Waals surface area contributed by atoms with Gasteiger partial charge in [-0.2, -0.15) is 0 Å². The molecule has 1 spiro atoms. The number of fused-ring (bicyclic) bond motifs is 10. The smallest absolute Gasteiger partial charge is 0.0726 e. The van der Waals surface area contributed by atoms with Crippen molar-refractivity contribution in [3.05, 3.63) is 168 Å². The third kappa shape index (κ3) is 2.96. The summed E-state index contributed by atoms with van der Waals surface area (Å²) in [4.78, 5) is 2.34. The SMILES string of the molecule is CN(c1ccc(-c2ccccc2)cc1)c1cccc2c1-c1ccccc1C21c2ccccc2-c2ccccc21. The molecule has 0 atom stereocenters. The van der Waals surface area contributed by atoms with Crippen LogP contribution >= 0.6 is 0 Å². The van der Waals surface area contributed by atoms with Crippen LogP contribution in [0.5, 0.6) is 0 Å². The molecule has 0 bridgehead atoms. The second kappa shape index (κ2) is 8.31.